The highest BCUT2D eigenvalue weighted by atomic mass is 16.2. The molecule has 3 nitrogen and oxygen atoms in total. The second kappa shape index (κ2) is 5.08. The number of piperidine rings is 1. The summed E-state index contributed by atoms with van der Waals surface area (Å²) in [6, 6.07) is 0. The summed E-state index contributed by atoms with van der Waals surface area (Å²) < 4.78 is 0. The Balaban J connectivity index is 1.93. The first-order valence-corrected chi connectivity index (χ1v) is 7.78. The van der Waals surface area contributed by atoms with E-state index in [9.17, 15) is 4.79 Å². The van der Waals surface area contributed by atoms with E-state index in [0.717, 1.165) is 44.7 Å². The van der Waals surface area contributed by atoms with Gasteiger partial charge in [-0.3, -0.25) is 4.79 Å². The fourth-order valence-electron chi connectivity index (χ4n) is 3.99. The molecule has 1 aliphatic heterocycles. The largest absolute Gasteiger partial charge is 0.342 e. The molecule has 2 fully saturated rings. The molecule has 0 spiro atoms. The molecule has 0 atom stereocenters. The first kappa shape index (κ1) is 14.8. The van der Waals surface area contributed by atoms with Crippen LogP contribution in [0.5, 0.6) is 0 Å². The van der Waals surface area contributed by atoms with Gasteiger partial charge in [-0.05, 0) is 42.9 Å². The number of hydrogen-bond donors (Lipinski definition) is 1. The van der Waals surface area contributed by atoms with Gasteiger partial charge in [0.1, 0.15) is 0 Å². The molecule has 0 unspecified atom stereocenters. The summed E-state index contributed by atoms with van der Waals surface area (Å²) in [6.07, 6.45) is 4.26. The van der Waals surface area contributed by atoms with Gasteiger partial charge in [-0.1, -0.05) is 27.7 Å². The van der Waals surface area contributed by atoms with Gasteiger partial charge < -0.3 is 10.6 Å². The van der Waals surface area contributed by atoms with Crippen LogP contribution in [0.2, 0.25) is 0 Å². The molecule has 3 heteroatoms. The van der Waals surface area contributed by atoms with Crippen molar-refractivity contribution in [1.29, 1.82) is 0 Å². The van der Waals surface area contributed by atoms with Crippen LogP contribution in [0.15, 0.2) is 0 Å². The van der Waals surface area contributed by atoms with Crippen molar-refractivity contribution in [1.82, 2.24) is 4.90 Å². The van der Waals surface area contributed by atoms with Gasteiger partial charge in [0.25, 0.3) is 0 Å². The average molecular weight is 266 g/mol. The first-order valence-electron chi connectivity index (χ1n) is 7.78. The summed E-state index contributed by atoms with van der Waals surface area (Å²) in [5.74, 6) is 1.74. The lowest BCUT2D eigenvalue weighted by Crippen LogP contribution is -2.56. The SMILES string of the molecule is CC1CC(CN)(C(=O)N2CCC(C(C)(C)C)CC2)C1. The predicted octanol–water partition coefficient (Wildman–Crippen LogP) is 2.65. The number of carbonyl (C=O) groups is 1. The Hall–Kier alpha value is -0.570. The maximum absolute atomic E-state index is 12.7. The van der Waals surface area contributed by atoms with Crippen LogP contribution in [-0.2, 0) is 4.79 Å². The van der Waals surface area contributed by atoms with E-state index in [1.807, 2.05) is 0 Å². The Morgan fingerprint density at radius 2 is 1.79 bits per heavy atom. The van der Waals surface area contributed by atoms with E-state index >= 15 is 0 Å². The molecule has 1 amide bonds. The van der Waals surface area contributed by atoms with E-state index in [1.54, 1.807) is 0 Å². The summed E-state index contributed by atoms with van der Waals surface area (Å²) in [5, 5.41) is 0. The van der Waals surface area contributed by atoms with Crippen molar-refractivity contribution in [3.63, 3.8) is 0 Å². The minimum absolute atomic E-state index is 0.214. The second-order valence-electron chi connectivity index (χ2n) is 7.93. The van der Waals surface area contributed by atoms with Crippen LogP contribution in [0.3, 0.4) is 0 Å². The van der Waals surface area contributed by atoms with Crippen molar-refractivity contribution in [2.75, 3.05) is 19.6 Å². The number of nitrogens with zero attached hydrogens (tertiary/aromatic N) is 1. The maximum atomic E-state index is 12.7. The Kier molecular flexibility index (Phi) is 3.97. The molecule has 0 aromatic rings. The second-order valence-corrected chi connectivity index (χ2v) is 7.93. The molecule has 2 N–H and O–H groups in total. The standard InChI is InChI=1S/C16H30N2O/c1-12-9-16(10-12,11-17)14(19)18-7-5-13(6-8-18)15(2,3)4/h12-13H,5-11,17H2,1-4H3. The number of hydrogen-bond acceptors (Lipinski definition) is 2. The van der Waals surface area contributed by atoms with Gasteiger partial charge in [-0.15, -0.1) is 0 Å². The topological polar surface area (TPSA) is 46.3 Å². The van der Waals surface area contributed by atoms with Crippen LogP contribution in [-0.4, -0.2) is 30.4 Å². The van der Waals surface area contributed by atoms with E-state index in [1.165, 1.54) is 0 Å². The highest BCUT2D eigenvalue weighted by molar-refractivity contribution is 5.84. The number of rotatable bonds is 2. The number of amides is 1. The zero-order valence-corrected chi connectivity index (χ0v) is 13.0. The Bertz CT molecular complexity index is 331. The number of likely N-dealkylation sites (tertiary alicyclic amines) is 1. The normalized spacial score (nSPS) is 33.1. The van der Waals surface area contributed by atoms with Gasteiger partial charge in [0.15, 0.2) is 0 Å². The number of carbonyl (C=O) groups excluding carboxylic acids is 1. The Labute approximate surface area is 117 Å². The fourth-order valence-corrected chi connectivity index (χ4v) is 3.99. The lowest BCUT2D eigenvalue weighted by Gasteiger charge is -2.48. The van der Waals surface area contributed by atoms with Crippen LogP contribution in [0.4, 0.5) is 0 Å². The lowest BCUT2D eigenvalue weighted by atomic mass is 9.61. The van der Waals surface area contributed by atoms with E-state index in [4.69, 9.17) is 5.73 Å². The molecular weight excluding hydrogens is 236 g/mol. The Morgan fingerprint density at radius 3 is 2.16 bits per heavy atom. The molecule has 1 saturated carbocycles. The van der Waals surface area contributed by atoms with Crippen molar-refractivity contribution < 1.29 is 4.79 Å². The third-order valence-electron chi connectivity index (χ3n) is 5.33. The van der Waals surface area contributed by atoms with Crippen LogP contribution >= 0.6 is 0 Å². The van der Waals surface area contributed by atoms with Crippen LogP contribution in [0.25, 0.3) is 0 Å². The molecule has 0 aromatic heterocycles. The summed E-state index contributed by atoms with van der Waals surface area (Å²) >= 11 is 0. The minimum atomic E-state index is -0.214. The molecule has 2 rings (SSSR count). The van der Waals surface area contributed by atoms with Crippen molar-refractivity contribution in [3.05, 3.63) is 0 Å². The predicted molar refractivity (Wildman–Crippen MR) is 78.6 cm³/mol. The highest BCUT2D eigenvalue weighted by Crippen LogP contribution is 2.46. The lowest BCUT2D eigenvalue weighted by molar-refractivity contribution is -0.151. The quantitative estimate of drug-likeness (QED) is 0.835. The van der Waals surface area contributed by atoms with Crippen LogP contribution < -0.4 is 5.73 Å². The van der Waals surface area contributed by atoms with Gasteiger partial charge >= 0.3 is 0 Å². The van der Waals surface area contributed by atoms with Gasteiger partial charge in [0, 0.05) is 19.6 Å². The maximum Gasteiger partial charge on any atom is 0.230 e. The van der Waals surface area contributed by atoms with Crippen LogP contribution in [0.1, 0.15) is 53.4 Å². The highest BCUT2D eigenvalue weighted by Gasteiger charge is 2.49. The van der Waals surface area contributed by atoms with Gasteiger partial charge in [-0.25, -0.2) is 0 Å². The molecule has 1 aliphatic carbocycles. The summed E-state index contributed by atoms with van der Waals surface area (Å²) in [6.45, 7) is 11.5. The third-order valence-corrected chi connectivity index (χ3v) is 5.33. The Morgan fingerprint density at radius 1 is 1.26 bits per heavy atom. The molecule has 0 bridgehead atoms. The van der Waals surface area contributed by atoms with Gasteiger partial charge in [-0.2, -0.15) is 0 Å². The summed E-state index contributed by atoms with van der Waals surface area (Å²) in [5.41, 5.74) is 6.04. The molecule has 19 heavy (non-hydrogen) atoms. The fraction of sp³-hybridized carbons (Fsp3) is 0.938. The van der Waals surface area contributed by atoms with E-state index in [0.29, 0.717) is 23.8 Å². The zero-order valence-electron chi connectivity index (χ0n) is 13.0. The monoisotopic (exact) mass is 266 g/mol. The zero-order chi connectivity index (χ0) is 14.3. The van der Waals surface area contributed by atoms with Crippen molar-refractivity contribution in [2.24, 2.45) is 28.4 Å². The molecule has 1 saturated heterocycles. The molecule has 110 valence electrons. The van der Waals surface area contributed by atoms with E-state index < -0.39 is 0 Å². The molecule has 1 heterocycles. The van der Waals surface area contributed by atoms with Crippen molar-refractivity contribution in [3.8, 4) is 0 Å². The van der Waals surface area contributed by atoms with Crippen molar-refractivity contribution >= 4 is 5.91 Å². The molecule has 2 aliphatic rings. The summed E-state index contributed by atoms with van der Waals surface area (Å²) in [4.78, 5) is 14.8. The van der Waals surface area contributed by atoms with Crippen molar-refractivity contribution in [2.45, 2.75) is 53.4 Å². The van der Waals surface area contributed by atoms with E-state index in [-0.39, 0.29) is 5.41 Å². The number of nitrogens with two attached hydrogens (primary N) is 1. The minimum Gasteiger partial charge on any atom is -0.342 e. The van der Waals surface area contributed by atoms with Crippen LogP contribution in [0, 0.1) is 22.7 Å². The molecular formula is C16H30N2O. The molecule has 0 aromatic carbocycles. The summed E-state index contributed by atoms with van der Waals surface area (Å²) in [7, 11) is 0. The van der Waals surface area contributed by atoms with E-state index in [2.05, 4.69) is 32.6 Å². The third kappa shape index (κ3) is 2.81. The van der Waals surface area contributed by atoms with Gasteiger partial charge in [0.2, 0.25) is 5.91 Å². The first-order chi connectivity index (χ1) is 8.78. The molecule has 0 radical (unpaired) electrons. The van der Waals surface area contributed by atoms with Gasteiger partial charge in [0.05, 0.1) is 5.41 Å². The average Bonchev–Trinajstić information content (AvgIpc) is 2.33. The smallest absolute Gasteiger partial charge is 0.230 e.